The predicted octanol–water partition coefficient (Wildman–Crippen LogP) is 6.96. The van der Waals surface area contributed by atoms with Gasteiger partial charge in [-0.3, -0.25) is 9.78 Å². The Kier molecular flexibility index (Phi) is 10.2. The van der Waals surface area contributed by atoms with E-state index in [1.54, 1.807) is 36.4 Å². The highest BCUT2D eigenvalue weighted by Gasteiger charge is 2.22. The molecular weight excluding hydrogens is 601 g/mol. The molecule has 2 heterocycles. The van der Waals surface area contributed by atoms with Gasteiger partial charge in [-0.2, -0.15) is 5.26 Å². The zero-order chi connectivity index (χ0) is 31.1. The Balaban J connectivity index is 1.46. The van der Waals surface area contributed by atoms with E-state index >= 15 is 0 Å². The summed E-state index contributed by atoms with van der Waals surface area (Å²) < 4.78 is 17.6. The number of nitrogens with one attached hydrogen (secondary N) is 2. The fraction of sp³-hybridized carbons (Fsp3) is 0.242. The van der Waals surface area contributed by atoms with Gasteiger partial charge < -0.3 is 29.7 Å². The molecule has 1 amide bonds. The van der Waals surface area contributed by atoms with Gasteiger partial charge in [-0.05, 0) is 50.5 Å². The number of nitriles is 1. The summed E-state index contributed by atoms with van der Waals surface area (Å²) in [5.41, 5.74) is 3.16. The lowest BCUT2D eigenvalue weighted by molar-refractivity contribution is -0.111. The Labute approximate surface area is 265 Å². The highest BCUT2D eigenvalue weighted by atomic mass is 35.5. The van der Waals surface area contributed by atoms with Crippen molar-refractivity contribution in [3.63, 3.8) is 0 Å². The minimum atomic E-state index is -0.327. The first kappa shape index (κ1) is 31.1. The first-order chi connectivity index (χ1) is 21.3. The molecule has 4 aromatic rings. The van der Waals surface area contributed by atoms with E-state index in [1.165, 1.54) is 12.3 Å². The number of nitrogens with zero attached hydrogens (tertiary/aromatic N) is 3. The molecule has 1 aliphatic heterocycles. The maximum atomic E-state index is 12.9. The highest BCUT2D eigenvalue weighted by molar-refractivity contribution is 6.32. The summed E-state index contributed by atoms with van der Waals surface area (Å²) in [6, 6.07) is 18.5. The summed E-state index contributed by atoms with van der Waals surface area (Å²) >= 11 is 12.8. The van der Waals surface area contributed by atoms with E-state index < -0.39 is 0 Å². The van der Waals surface area contributed by atoms with Crippen molar-refractivity contribution in [1.29, 1.82) is 5.26 Å². The van der Waals surface area contributed by atoms with Gasteiger partial charge in [-0.15, -0.1) is 0 Å². The minimum Gasteiger partial charge on any atom is -0.487 e. The number of rotatable bonds is 11. The van der Waals surface area contributed by atoms with E-state index in [9.17, 15) is 10.1 Å². The molecule has 0 spiro atoms. The molecule has 0 bridgehead atoms. The maximum absolute atomic E-state index is 12.9. The van der Waals surface area contributed by atoms with E-state index in [4.69, 9.17) is 37.4 Å². The zero-order valence-corrected chi connectivity index (χ0v) is 25.8. The summed E-state index contributed by atoms with van der Waals surface area (Å²) in [6.07, 6.45) is 5.30. The molecule has 9 nitrogen and oxygen atoms in total. The number of carbonyl (C=O) groups excluding carboxylic acids is 1. The average Bonchev–Trinajstić information content (AvgIpc) is 3.52. The van der Waals surface area contributed by atoms with Crippen molar-refractivity contribution < 1.29 is 19.0 Å². The van der Waals surface area contributed by atoms with Gasteiger partial charge in [-0.25, -0.2) is 0 Å². The van der Waals surface area contributed by atoms with E-state index in [0.717, 1.165) is 12.0 Å². The smallest absolute Gasteiger partial charge is 0.248 e. The van der Waals surface area contributed by atoms with Crippen LogP contribution in [0.4, 0.5) is 17.1 Å². The summed E-state index contributed by atoms with van der Waals surface area (Å²) in [6.45, 7) is 1.93. The van der Waals surface area contributed by atoms with Gasteiger partial charge in [0, 0.05) is 46.9 Å². The first-order valence-corrected chi connectivity index (χ1v) is 14.7. The van der Waals surface area contributed by atoms with Gasteiger partial charge in [0.2, 0.25) is 5.91 Å². The van der Waals surface area contributed by atoms with E-state index in [-0.39, 0.29) is 18.6 Å². The molecule has 3 aromatic carbocycles. The van der Waals surface area contributed by atoms with E-state index in [2.05, 4.69) is 21.7 Å². The van der Waals surface area contributed by atoms with Crippen molar-refractivity contribution in [2.24, 2.45) is 0 Å². The molecule has 1 atom stereocenters. The molecule has 0 saturated carbocycles. The molecule has 5 rings (SSSR count). The quantitative estimate of drug-likeness (QED) is 0.171. The number of pyridine rings is 1. The van der Waals surface area contributed by atoms with Crippen molar-refractivity contribution in [3.05, 3.63) is 94.1 Å². The van der Waals surface area contributed by atoms with Gasteiger partial charge in [0.1, 0.15) is 36.0 Å². The van der Waals surface area contributed by atoms with Crippen LogP contribution >= 0.6 is 23.2 Å². The number of likely N-dealkylation sites (N-methyl/N-ethyl adjacent to an activating group) is 1. The Morgan fingerprint density at radius 2 is 1.95 bits per heavy atom. The molecule has 1 aromatic heterocycles. The van der Waals surface area contributed by atoms with Crippen LogP contribution in [-0.4, -0.2) is 55.7 Å². The van der Waals surface area contributed by atoms with E-state index in [1.807, 2.05) is 43.3 Å². The Hall–Kier alpha value is -4.33. The lowest BCUT2D eigenvalue weighted by atomic mass is 10.1. The molecule has 0 radical (unpaired) electrons. The number of benzene rings is 3. The molecule has 226 valence electrons. The highest BCUT2D eigenvalue weighted by Crippen LogP contribution is 2.39. The third-order valence-electron chi connectivity index (χ3n) is 6.83. The van der Waals surface area contributed by atoms with Crippen LogP contribution in [0.2, 0.25) is 10.0 Å². The number of hydrogen-bond acceptors (Lipinski definition) is 8. The standard InChI is InChI=1S/C33H31Cl2N5O4/c1-40(2)14-5-8-30(41)39-33-29(44-24-13-15-42-20-24)12-10-25-31(22(17-36)18-37-32(25)33)38-23-9-11-28(27(35)16-23)43-19-21-6-3-4-7-26(21)34/h3-12,16,18,24H,13-15,19-20H2,1-2H3,(H,37,38)(H,39,41)/b8-5+/t24-/m0/s1. The minimum absolute atomic E-state index is 0.149. The van der Waals surface area contributed by atoms with Crippen LogP contribution in [0.1, 0.15) is 17.5 Å². The summed E-state index contributed by atoms with van der Waals surface area (Å²) in [5.74, 6) is 0.627. The number of fused-ring (bicyclic) bond motifs is 1. The molecular formula is C33H31Cl2N5O4. The molecule has 1 aliphatic rings. The number of hydrogen-bond donors (Lipinski definition) is 2. The Morgan fingerprint density at radius 3 is 2.68 bits per heavy atom. The van der Waals surface area contributed by atoms with Gasteiger partial charge in [0.05, 0.1) is 35.0 Å². The Morgan fingerprint density at radius 1 is 1.14 bits per heavy atom. The molecule has 44 heavy (non-hydrogen) atoms. The second-order valence-corrected chi connectivity index (χ2v) is 11.2. The first-order valence-electron chi connectivity index (χ1n) is 14.0. The normalized spacial score (nSPS) is 14.6. The SMILES string of the molecule is CN(C)C/C=C/C(=O)Nc1c(O[C@H]2CCOC2)ccc2c(Nc3ccc(OCc4ccccc4Cl)c(Cl)c3)c(C#N)cnc12. The Bertz CT molecular complexity index is 1730. The predicted molar refractivity (Wildman–Crippen MR) is 173 cm³/mol. The number of halogens is 2. The third-order valence-corrected chi connectivity index (χ3v) is 7.50. The molecule has 11 heteroatoms. The average molecular weight is 633 g/mol. The summed E-state index contributed by atoms with van der Waals surface area (Å²) in [4.78, 5) is 19.4. The lowest BCUT2D eigenvalue weighted by Crippen LogP contribution is -2.18. The number of ether oxygens (including phenoxy) is 3. The van der Waals surface area contributed by atoms with Crippen LogP contribution in [0, 0.1) is 11.3 Å². The van der Waals surface area contributed by atoms with Crippen LogP contribution in [0.25, 0.3) is 10.9 Å². The molecule has 2 N–H and O–H groups in total. The van der Waals surface area contributed by atoms with Gasteiger partial charge in [0.15, 0.2) is 0 Å². The molecule has 0 unspecified atom stereocenters. The largest absolute Gasteiger partial charge is 0.487 e. The van der Waals surface area contributed by atoms with Crippen LogP contribution in [-0.2, 0) is 16.1 Å². The topological polar surface area (TPSA) is 109 Å². The number of carbonyl (C=O) groups is 1. The van der Waals surface area contributed by atoms with Crippen molar-refractivity contribution in [2.45, 2.75) is 19.1 Å². The van der Waals surface area contributed by atoms with Crippen LogP contribution in [0.3, 0.4) is 0 Å². The summed E-state index contributed by atoms with van der Waals surface area (Å²) in [7, 11) is 3.84. The molecule has 0 aliphatic carbocycles. The van der Waals surface area contributed by atoms with E-state index in [0.29, 0.717) is 74.8 Å². The van der Waals surface area contributed by atoms with Crippen LogP contribution < -0.4 is 20.1 Å². The van der Waals surface area contributed by atoms with Crippen LogP contribution in [0.15, 0.2) is 72.9 Å². The third kappa shape index (κ3) is 7.59. The van der Waals surface area contributed by atoms with Gasteiger partial charge >= 0.3 is 0 Å². The fourth-order valence-electron chi connectivity index (χ4n) is 4.62. The number of amides is 1. The fourth-order valence-corrected chi connectivity index (χ4v) is 5.04. The molecule has 1 saturated heterocycles. The van der Waals surface area contributed by atoms with Crippen molar-refractivity contribution in [1.82, 2.24) is 9.88 Å². The summed E-state index contributed by atoms with van der Waals surface area (Å²) in [5, 5.41) is 17.8. The van der Waals surface area contributed by atoms with Crippen molar-refractivity contribution in [3.8, 4) is 17.6 Å². The van der Waals surface area contributed by atoms with Gasteiger partial charge in [-0.1, -0.05) is 47.5 Å². The molecule has 1 fully saturated rings. The van der Waals surface area contributed by atoms with Crippen LogP contribution in [0.5, 0.6) is 11.5 Å². The number of anilines is 3. The number of aromatic nitrogens is 1. The zero-order valence-electron chi connectivity index (χ0n) is 24.3. The second-order valence-electron chi connectivity index (χ2n) is 10.4. The maximum Gasteiger partial charge on any atom is 0.248 e. The van der Waals surface area contributed by atoms with Gasteiger partial charge in [0.25, 0.3) is 0 Å². The monoisotopic (exact) mass is 631 g/mol. The second kappa shape index (κ2) is 14.4. The van der Waals surface area contributed by atoms with Crippen molar-refractivity contribution in [2.75, 3.05) is 44.5 Å². The van der Waals surface area contributed by atoms with Crippen molar-refractivity contribution >= 4 is 57.1 Å². The lowest BCUT2D eigenvalue weighted by Gasteiger charge is -2.19.